The number of anilines is 1. The molecule has 1 heterocycles. The van der Waals surface area contributed by atoms with Crippen LogP contribution in [0.2, 0.25) is 0 Å². The average Bonchev–Trinajstić information content (AvgIpc) is 2.85. The highest BCUT2D eigenvalue weighted by molar-refractivity contribution is 9.10. The molecule has 0 N–H and O–H groups in total. The molecule has 1 aliphatic carbocycles. The van der Waals surface area contributed by atoms with Gasteiger partial charge in [0.15, 0.2) is 0 Å². The third-order valence-electron chi connectivity index (χ3n) is 2.90. The fraction of sp³-hybridized carbons (Fsp3) is 0.364. The predicted molar refractivity (Wildman–Crippen MR) is 59.9 cm³/mol. The van der Waals surface area contributed by atoms with E-state index in [1.807, 2.05) is 24.3 Å². The molecule has 1 amide bonds. The van der Waals surface area contributed by atoms with Gasteiger partial charge in [-0.3, -0.25) is 4.90 Å². The first-order valence-corrected chi connectivity index (χ1v) is 5.74. The van der Waals surface area contributed by atoms with Gasteiger partial charge < -0.3 is 4.74 Å². The number of carbonyl (C=O) groups is 1. The van der Waals surface area contributed by atoms with Crippen LogP contribution >= 0.6 is 15.9 Å². The van der Waals surface area contributed by atoms with E-state index in [9.17, 15) is 4.79 Å². The maximum atomic E-state index is 11.6. The highest BCUT2D eigenvalue weighted by Gasteiger charge is 2.54. The second kappa shape index (κ2) is 2.98. The standard InChI is InChI=1S/C11H10BrNO2/c12-8-2-1-3-9(6-8)13-7-11(4-5-11)15-10(13)14/h1-3,6H,4-5,7H2. The molecule has 2 aliphatic rings. The van der Waals surface area contributed by atoms with Gasteiger partial charge in [0.25, 0.3) is 0 Å². The van der Waals surface area contributed by atoms with E-state index in [1.54, 1.807) is 4.90 Å². The average molecular weight is 268 g/mol. The number of halogens is 1. The fourth-order valence-electron chi connectivity index (χ4n) is 1.87. The van der Waals surface area contributed by atoms with Crippen LogP contribution in [0.25, 0.3) is 0 Å². The molecule has 4 heteroatoms. The van der Waals surface area contributed by atoms with Crippen molar-refractivity contribution in [3.8, 4) is 0 Å². The first-order valence-electron chi connectivity index (χ1n) is 4.95. The molecule has 0 atom stereocenters. The molecule has 78 valence electrons. The Morgan fingerprint density at radius 2 is 2.20 bits per heavy atom. The Bertz CT molecular complexity index is 428. The van der Waals surface area contributed by atoms with Crippen LogP contribution in [0.3, 0.4) is 0 Å². The molecule has 1 saturated carbocycles. The lowest BCUT2D eigenvalue weighted by Crippen LogP contribution is -2.24. The van der Waals surface area contributed by atoms with Gasteiger partial charge in [-0.05, 0) is 31.0 Å². The number of ether oxygens (including phenoxy) is 1. The Morgan fingerprint density at radius 1 is 1.40 bits per heavy atom. The highest BCUT2D eigenvalue weighted by Crippen LogP contribution is 2.45. The van der Waals surface area contributed by atoms with Crippen molar-refractivity contribution in [2.24, 2.45) is 0 Å². The molecule has 3 nitrogen and oxygen atoms in total. The van der Waals surface area contributed by atoms with Gasteiger partial charge in [-0.2, -0.15) is 0 Å². The van der Waals surface area contributed by atoms with Crippen LogP contribution in [0.15, 0.2) is 28.7 Å². The SMILES string of the molecule is O=C1OC2(CC2)CN1c1cccc(Br)c1. The number of benzene rings is 1. The molecule has 0 radical (unpaired) electrons. The molecule has 1 aliphatic heterocycles. The maximum absolute atomic E-state index is 11.6. The second-order valence-corrected chi connectivity index (χ2v) is 5.03. The lowest BCUT2D eigenvalue weighted by atomic mass is 10.2. The third-order valence-corrected chi connectivity index (χ3v) is 3.39. The second-order valence-electron chi connectivity index (χ2n) is 4.12. The van der Waals surface area contributed by atoms with E-state index in [4.69, 9.17) is 4.74 Å². The normalized spacial score (nSPS) is 21.9. The monoisotopic (exact) mass is 267 g/mol. The third kappa shape index (κ3) is 1.53. The summed E-state index contributed by atoms with van der Waals surface area (Å²) >= 11 is 3.39. The van der Waals surface area contributed by atoms with Crippen LogP contribution in [0, 0.1) is 0 Å². The minimum absolute atomic E-state index is 0.153. The van der Waals surface area contributed by atoms with E-state index in [0.717, 1.165) is 23.0 Å². The number of rotatable bonds is 1. The first kappa shape index (κ1) is 9.21. The van der Waals surface area contributed by atoms with Crippen LogP contribution < -0.4 is 4.90 Å². The molecule has 0 unspecified atom stereocenters. The maximum Gasteiger partial charge on any atom is 0.415 e. The topological polar surface area (TPSA) is 29.5 Å². The van der Waals surface area contributed by atoms with Crippen LogP contribution in [-0.2, 0) is 4.74 Å². The summed E-state index contributed by atoms with van der Waals surface area (Å²) in [7, 11) is 0. The van der Waals surface area contributed by atoms with E-state index >= 15 is 0 Å². The first-order chi connectivity index (χ1) is 7.19. The molecular formula is C11H10BrNO2. The molecular weight excluding hydrogens is 258 g/mol. The van der Waals surface area contributed by atoms with E-state index in [1.165, 1.54) is 0 Å². The van der Waals surface area contributed by atoms with Gasteiger partial charge in [0.1, 0.15) is 5.60 Å². The highest BCUT2D eigenvalue weighted by atomic mass is 79.9. The largest absolute Gasteiger partial charge is 0.441 e. The predicted octanol–water partition coefficient (Wildman–Crippen LogP) is 2.94. The smallest absolute Gasteiger partial charge is 0.415 e. The molecule has 1 aromatic rings. The Hall–Kier alpha value is -1.03. The van der Waals surface area contributed by atoms with Crippen molar-refractivity contribution < 1.29 is 9.53 Å². The minimum Gasteiger partial charge on any atom is -0.441 e. The molecule has 3 rings (SSSR count). The van der Waals surface area contributed by atoms with Gasteiger partial charge >= 0.3 is 6.09 Å². The molecule has 1 saturated heterocycles. The Morgan fingerprint density at radius 3 is 2.80 bits per heavy atom. The molecule has 1 spiro atoms. The summed E-state index contributed by atoms with van der Waals surface area (Å²) in [4.78, 5) is 13.3. The minimum atomic E-state index is -0.217. The zero-order chi connectivity index (χ0) is 10.5. The van der Waals surface area contributed by atoms with Gasteiger partial charge in [-0.1, -0.05) is 22.0 Å². The summed E-state index contributed by atoms with van der Waals surface area (Å²) < 4.78 is 6.31. The summed E-state index contributed by atoms with van der Waals surface area (Å²) in [6.07, 6.45) is 1.79. The van der Waals surface area contributed by atoms with Crippen molar-refractivity contribution in [2.75, 3.05) is 11.4 Å². The summed E-state index contributed by atoms with van der Waals surface area (Å²) in [5, 5.41) is 0. The Kier molecular flexibility index (Phi) is 1.83. The molecule has 15 heavy (non-hydrogen) atoms. The van der Waals surface area contributed by atoms with Gasteiger partial charge in [0.2, 0.25) is 0 Å². The number of nitrogens with zero attached hydrogens (tertiary/aromatic N) is 1. The van der Waals surface area contributed by atoms with Crippen LogP contribution in [0.4, 0.5) is 10.5 Å². The van der Waals surface area contributed by atoms with E-state index in [-0.39, 0.29) is 11.7 Å². The van der Waals surface area contributed by atoms with E-state index < -0.39 is 0 Å². The van der Waals surface area contributed by atoms with E-state index in [0.29, 0.717) is 6.54 Å². The van der Waals surface area contributed by atoms with Crippen LogP contribution in [0.5, 0.6) is 0 Å². The quantitative estimate of drug-likeness (QED) is 0.783. The van der Waals surface area contributed by atoms with Gasteiger partial charge in [-0.15, -0.1) is 0 Å². The lowest BCUT2D eigenvalue weighted by Gasteiger charge is -2.12. The van der Waals surface area contributed by atoms with E-state index in [2.05, 4.69) is 15.9 Å². The van der Waals surface area contributed by atoms with Crippen molar-refractivity contribution in [1.29, 1.82) is 0 Å². The molecule has 2 fully saturated rings. The number of hydrogen-bond acceptors (Lipinski definition) is 2. The zero-order valence-electron chi connectivity index (χ0n) is 8.07. The Labute approximate surface area is 96.1 Å². The molecule has 1 aromatic carbocycles. The van der Waals surface area contributed by atoms with Crippen molar-refractivity contribution in [1.82, 2.24) is 0 Å². The summed E-state index contributed by atoms with van der Waals surface area (Å²) in [5.41, 5.74) is 0.748. The van der Waals surface area contributed by atoms with Crippen LogP contribution in [-0.4, -0.2) is 18.2 Å². The molecule has 0 bridgehead atoms. The molecule has 0 aromatic heterocycles. The van der Waals surface area contributed by atoms with Crippen molar-refractivity contribution in [2.45, 2.75) is 18.4 Å². The summed E-state index contributed by atoms with van der Waals surface area (Å²) in [6, 6.07) is 7.72. The Balaban J connectivity index is 1.91. The summed E-state index contributed by atoms with van der Waals surface area (Å²) in [6.45, 7) is 0.697. The fourth-order valence-corrected chi connectivity index (χ4v) is 2.25. The van der Waals surface area contributed by atoms with Crippen molar-refractivity contribution >= 4 is 27.7 Å². The van der Waals surface area contributed by atoms with Gasteiger partial charge in [0.05, 0.1) is 6.54 Å². The summed E-state index contributed by atoms with van der Waals surface area (Å²) in [5.74, 6) is 0. The zero-order valence-corrected chi connectivity index (χ0v) is 9.66. The lowest BCUT2D eigenvalue weighted by molar-refractivity contribution is 0.129. The van der Waals surface area contributed by atoms with Crippen LogP contribution in [0.1, 0.15) is 12.8 Å². The number of amides is 1. The number of hydrogen-bond donors (Lipinski definition) is 0. The van der Waals surface area contributed by atoms with Crippen molar-refractivity contribution in [3.63, 3.8) is 0 Å². The van der Waals surface area contributed by atoms with Crippen molar-refractivity contribution in [3.05, 3.63) is 28.7 Å². The van der Waals surface area contributed by atoms with Gasteiger partial charge in [0, 0.05) is 10.2 Å². The van der Waals surface area contributed by atoms with Gasteiger partial charge in [-0.25, -0.2) is 4.79 Å². The number of carbonyl (C=O) groups excluding carboxylic acids is 1.